The zero-order valence-electron chi connectivity index (χ0n) is 20.0. The van der Waals surface area contributed by atoms with E-state index in [-0.39, 0.29) is 4.90 Å². The Bertz CT molecular complexity index is 1460. The van der Waals surface area contributed by atoms with Crippen LogP contribution in [0.1, 0.15) is 33.6 Å². The molecule has 9 heteroatoms. The Kier molecular flexibility index (Phi) is 6.14. The summed E-state index contributed by atoms with van der Waals surface area (Å²) in [4.78, 5) is 0.268. The molecule has 0 aliphatic heterocycles. The van der Waals surface area contributed by atoms with Crippen molar-refractivity contribution in [2.45, 2.75) is 46.4 Å². The second-order valence-electron chi connectivity index (χ2n) is 8.37. The van der Waals surface area contributed by atoms with Gasteiger partial charge in [0.15, 0.2) is 5.82 Å². The average Bonchev–Trinajstić information content (AvgIpc) is 3.05. The third-order valence-electron chi connectivity index (χ3n) is 5.91. The number of nitrogens with one attached hydrogen (secondary N) is 1. The van der Waals surface area contributed by atoms with E-state index in [0.717, 1.165) is 28.1 Å². The summed E-state index contributed by atoms with van der Waals surface area (Å²) in [5, 5.41) is 12.8. The minimum atomic E-state index is -3.71. The number of benzene rings is 2. The molecular weight excluding hydrogens is 450 g/mol. The summed E-state index contributed by atoms with van der Waals surface area (Å²) in [5.41, 5.74) is 6.19. The lowest BCUT2D eigenvalue weighted by Crippen LogP contribution is -2.14. The van der Waals surface area contributed by atoms with Crippen molar-refractivity contribution in [1.82, 2.24) is 20.0 Å². The minimum absolute atomic E-state index is 0.268. The molecular formula is C25H27N5O3S. The molecule has 0 bridgehead atoms. The van der Waals surface area contributed by atoms with Gasteiger partial charge >= 0.3 is 0 Å². The van der Waals surface area contributed by atoms with Crippen LogP contribution in [-0.4, -0.2) is 28.4 Å². The van der Waals surface area contributed by atoms with Crippen molar-refractivity contribution in [2.24, 2.45) is 0 Å². The number of hydrogen-bond acceptors (Lipinski definition) is 6. The van der Waals surface area contributed by atoms with E-state index in [1.807, 2.05) is 40.7 Å². The number of nitrogens with zero attached hydrogens (tertiary/aromatic N) is 4. The van der Waals surface area contributed by atoms with Gasteiger partial charge in [0.1, 0.15) is 5.75 Å². The summed E-state index contributed by atoms with van der Waals surface area (Å²) < 4.78 is 35.9. The van der Waals surface area contributed by atoms with Crippen LogP contribution in [0.2, 0.25) is 0 Å². The smallest absolute Gasteiger partial charge is 0.262 e. The van der Waals surface area contributed by atoms with Crippen molar-refractivity contribution in [3.05, 3.63) is 82.2 Å². The van der Waals surface area contributed by atoms with E-state index in [2.05, 4.69) is 20.0 Å². The van der Waals surface area contributed by atoms with Crippen LogP contribution in [0.15, 0.2) is 53.4 Å². The minimum Gasteiger partial charge on any atom is -0.438 e. The third-order valence-corrected chi connectivity index (χ3v) is 7.43. The van der Waals surface area contributed by atoms with Gasteiger partial charge in [-0.3, -0.25) is 4.72 Å². The van der Waals surface area contributed by atoms with Gasteiger partial charge in [-0.1, -0.05) is 6.07 Å². The van der Waals surface area contributed by atoms with Crippen LogP contribution < -0.4 is 9.46 Å². The van der Waals surface area contributed by atoms with E-state index in [1.165, 1.54) is 0 Å². The van der Waals surface area contributed by atoms with E-state index >= 15 is 0 Å². The van der Waals surface area contributed by atoms with E-state index in [9.17, 15) is 8.42 Å². The molecule has 0 atom stereocenters. The van der Waals surface area contributed by atoms with Crippen molar-refractivity contribution < 1.29 is 13.2 Å². The van der Waals surface area contributed by atoms with Crippen LogP contribution in [0, 0.1) is 41.5 Å². The van der Waals surface area contributed by atoms with Crippen LogP contribution in [0.5, 0.6) is 11.6 Å². The lowest BCUT2D eigenvalue weighted by molar-refractivity contribution is 0.454. The molecule has 0 aliphatic carbocycles. The molecule has 4 aromatic rings. The van der Waals surface area contributed by atoms with Crippen LogP contribution in [-0.2, 0) is 10.0 Å². The Hall–Kier alpha value is -3.72. The number of aromatic nitrogens is 4. The summed E-state index contributed by atoms with van der Waals surface area (Å²) in [6.45, 7) is 11.6. The maximum Gasteiger partial charge on any atom is 0.262 e. The number of anilines is 1. The largest absolute Gasteiger partial charge is 0.438 e. The first-order chi connectivity index (χ1) is 16.0. The molecule has 34 heavy (non-hydrogen) atoms. The normalized spacial score (nSPS) is 11.5. The van der Waals surface area contributed by atoms with Gasteiger partial charge in [-0.2, -0.15) is 5.10 Å². The highest BCUT2D eigenvalue weighted by Gasteiger charge is 2.18. The molecule has 0 saturated heterocycles. The molecule has 2 aromatic carbocycles. The van der Waals surface area contributed by atoms with E-state index in [4.69, 9.17) is 4.74 Å². The lowest BCUT2D eigenvalue weighted by atomic mass is 10.1. The average molecular weight is 478 g/mol. The van der Waals surface area contributed by atoms with Crippen LogP contribution in [0.3, 0.4) is 0 Å². The van der Waals surface area contributed by atoms with Gasteiger partial charge in [0.05, 0.1) is 10.6 Å². The van der Waals surface area contributed by atoms with Crippen molar-refractivity contribution >= 4 is 15.7 Å². The molecule has 4 rings (SSSR count). The zero-order valence-corrected chi connectivity index (χ0v) is 20.9. The van der Waals surface area contributed by atoms with Crippen LogP contribution in [0.4, 0.5) is 5.69 Å². The Morgan fingerprint density at radius 1 is 0.824 bits per heavy atom. The number of hydrogen-bond donors (Lipinski definition) is 1. The van der Waals surface area contributed by atoms with Gasteiger partial charge in [-0.25, -0.2) is 13.1 Å². The third kappa shape index (κ3) is 4.65. The van der Waals surface area contributed by atoms with Gasteiger partial charge in [0, 0.05) is 17.4 Å². The first-order valence-electron chi connectivity index (χ1n) is 10.8. The number of rotatable bonds is 6. The highest BCUT2D eigenvalue weighted by atomic mass is 32.2. The highest BCUT2D eigenvalue weighted by molar-refractivity contribution is 7.92. The fraction of sp³-hybridized carbons (Fsp3) is 0.240. The van der Waals surface area contributed by atoms with Crippen LogP contribution in [0.25, 0.3) is 5.82 Å². The molecule has 8 nitrogen and oxygen atoms in total. The summed E-state index contributed by atoms with van der Waals surface area (Å²) in [5.74, 6) is 1.43. The molecule has 0 unspecified atom stereocenters. The Balaban J connectivity index is 1.47. The fourth-order valence-corrected chi connectivity index (χ4v) is 4.94. The molecule has 0 fully saturated rings. The number of sulfonamides is 1. The number of aryl methyl sites for hydroxylation is 4. The standard InChI is InChI=1S/C25H27N5O3S/c1-15-13-17(3)23(14-16(15)2)34(31,32)29-21-7-9-22(10-8-21)33-25-12-11-24(26-27-25)30-20(6)18(4)19(5)28-30/h7-14,29H,1-6H3. The van der Waals surface area contributed by atoms with E-state index < -0.39 is 10.0 Å². The van der Waals surface area contributed by atoms with Crippen molar-refractivity contribution in [3.8, 4) is 17.4 Å². The maximum atomic E-state index is 12.9. The molecule has 0 radical (unpaired) electrons. The van der Waals surface area contributed by atoms with E-state index in [0.29, 0.717) is 28.7 Å². The van der Waals surface area contributed by atoms with Gasteiger partial charge in [-0.15, -0.1) is 10.2 Å². The second kappa shape index (κ2) is 8.90. The fourth-order valence-electron chi connectivity index (χ4n) is 3.57. The van der Waals surface area contributed by atoms with Crippen molar-refractivity contribution in [2.75, 3.05) is 4.72 Å². The van der Waals surface area contributed by atoms with Gasteiger partial charge < -0.3 is 4.74 Å². The molecule has 176 valence electrons. The molecule has 2 heterocycles. The van der Waals surface area contributed by atoms with Gasteiger partial charge in [-0.05, 0) is 100 Å². The number of ether oxygens (including phenoxy) is 1. The predicted molar refractivity (Wildman–Crippen MR) is 131 cm³/mol. The molecule has 0 saturated carbocycles. The topological polar surface area (TPSA) is 99.0 Å². The monoisotopic (exact) mass is 477 g/mol. The first kappa shape index (κ1) is 23.4. The molecule has 0 amide bonds. The van der Waals surface area contributed by atoms with E-state index in [1.54, 1.807) is 54.1 Å². The molecule has 1 N–H and O–H groups in total. The van der Waals surface area contributed by atoms with Crippen molar-refractivity contribution in [1.29, 1.82) is 0 Å². The zero-order chi connectivity index (χ0) is 24.6. The SMILES string of the molecule is Cc1cc(C)c(S(=O)(=O)Nc2ccc(Oc3ccc(-n4nc(C)c(C)c4C)nn3)cc2)cc1C. The summed E-state index contributed by atoms with van der Waals surface area (Å²) in [6.07, 6.45) is 0. The summed E-state index contributed by atoms with van der Waals surface area (Å²) >= 11 is 0. The van der Waals surface area contributed by atoms with Gasteiger partial charge in [0.2, 0.25) is 5.88 Å². The van der Waals surface area contributed by atoms with Crippen LogP contribution >= 0.6 is 0 Å². The maximum absolute atomic E-state index is 12.9. The quantitative estimate of drug-likeness (QED) is 0.414. The summed E-state index contributed by atoms with van der Waals surface area (Å²) in [6, 6.07) is 13.7. The lowest BCUT2D eigenvalue weighted by Gasteiger charge is -2.13. The highest BCUT2D eigenvalue weighted by Crippen LogP contribution is 2.26. The Morgan fingerprint density at radius 3 is 2.09 bits per heavy atom. The predicted octanol–water partition coefficient (Wildman–Crippen LogP) is 5.11. The van der Waals surface area contributed by atoms with Gasteiger partial charge in [0.25, 0.3) is 10.0 Å². The molecule has 0 aliphatic rings. The first-order valence-corrected chi connectivity index (χ1v) is 12.3. The molecule has 0 spiro atoms. The van der Waals surface area contributed by atoms with Crippen molar-refractivity contribution in [3.63, 3.8) is 0 Å². The Morgan fingerprint density at radius 2 is 1.50 bits per heavy atom. The second-order valence-corrected chi connectivity index (χ2v) is 10.0. The summed E-state index contributed by atoms with van der Waals surface area (Å²) in [7, 11) is -3.71. The molecule has 2 aromatic heterocycles. The Labute approximate surface area is 199 Å².